The molecule has 0 spiro atoms. The molecule has 5 heteroatoms. The second kappa shape index (κ2) is 8.23. The Morgan fingerprint density at radius 3 is 2.87 bits per heavy atom. The largest absolute Gasteiger partial charge is 0.343 e. The molecule has 30 heavy (non-hydrogen) atoms. The van der Waals surface area contributed by atoms with Crippen molar-refractivity contribution in [2.45, 2.75) is 64.1 Å². The Kier molecular flexibility index (Phi) is 5.30. The summed E-state index contributed by atoms with van der Waals surface area (Å²) in [5.74, 6) is 1.37. The molecule has 0 saturated heterocycles. The van der Waals surface area contributed by atoms with Crippen LogP contribution in [0.25, 0.3) is 10.9 Å². The molecule has 1 aromatic carbocycles. The predicted molar refractivity (Wildman–Crippen MR) is 121 cm³/mol. The molecule has 5 rings (SSSR count). The summed E-state index contributed by atoms with van der Waals surface area (Å²) in [6.07, 6.45) is 11.1. The van der Waals surface area contributed by atoms with E-state index in [0.29, 0.717) is 12.5 Å². The minimum absolute atomic E-state index is 0.0689. The minimum atomic E-state index is 0.0689. The number of aromatic nitrogens is 3. The summed E-state index contributed by atoms with van der Waals surface area (Å²) in [6, 6.07) is 8.52. The van der Waals surface area contributed by atoms with Crippen molar-refractivity contribution in [2.75, 3.05) is 6.54 Å². The fourth-order valence-electron chi connectivity index (χ4n) is 5.18. The van der Waals surface area contributed by atoms with Crippen molar-refractivity contribution in [2.24, 2.45) is 0 Å². The SMILES string of the molecule is C=CCn1cc(CN2CCc3nc(C4CCCCC4)[nH]c(=O)c3C2)c2ccccc21. The van der Waals surface area contributed by atoms with E-state index in [1.807, 2.05) is 6.08 Å². The maximum Gasteiger partial charge on any atom is 0.255 e. The first kappa shape index (κ1) is 19.3. The number of fused-ring (bicyclic) bond motifs is 2. The van der Waals surface area contributed by atoms with Gasteiger partial charge >= 0.3 is 0 Å². The Balaban J connectivity index is 1.38. The van der Waals surface area contributed by atoms with E-state index in [-0.39, 0.29) is 5.56 Å². The number of H-pyrrole nitrogens is 1. The number of aromatic amines is 1. The lowest BCUT2D eigenvalue weighted by Crippen LogP contribution is -2.36. The van der Waals surface area contributed by atoms with Crippen LogP contribution in [0.2, 0.25) is 0 Å². The molecule has 1 N–H and O–H groups in total. The van der Waals surface area contributed by atoms with Crippen molar-refractivity contribution in [3.8, 4) is 0 Å². The van der Waals surface area contributed by atoms with Gasteiger partial charge in [0.05, 0.1) is 11.3 Å². The highest BCUT2D eigenvalue weighted by Gasteiger charge is 2.25. The summed E-state index contributed by atoms with van der Waals surface area (Å²) in [7, 11) is 0. The second-order valence-electron chi connectivity index (χ2n) is 8.78. The van der Waals surface area contributed by atoms with Gasteiger partial charge < -0.3 is 9.55 Å². The number of nitrogens with one attached hydrogen (secondary N) is 1. The van der Waals surface area contributed by atoms with Crippen molar-refractivity contribution in [1.82, 2.24) is 19.4 Å². The van der Waals surface area contributed by atoms with Gasteiger partial charge in [-0.1, -0.05) is 43.5 Å². The summed E-state index contributed by atoms with van der Waals surface area (Å²) in [5, 5.41) is 1.28. The highest BCUT2D eigenvalue weighted by atomic mass is 16.1. The molecule has 5 nitrogen and oxygen atoms in total. The van der Waals surface area contributed by atoms with Crippen LogP contribution in [0.3, 0.4) is 0 Å². The molecule has 1 aliphatic heterocycles. The van der Waals surface area contributed by atoms with Gasteiger partial charge in [-0.05, 0) is 24.5 Å². The van der Waals surface area contributed by atoms with Crippen LogP contribution in [0.15, 0.2) is 47.9 Å². The molecule has 0 unspecified atom stereocenters. The molecule has 1 saturated carbocycles. The number of para-hydroxylation sites is 1. The number of hydrogen-bond acceptors (Lipinski definition) is 3. The van der Waals surface area contributed by atoms with Gasteiger partial charge in [0.25, 0.3) is 5.56 Å². The average molecular weight is 403 g/mol. The molecule has 3 heterocycles. The number of benzene rings is 1. The van der Waals surface area contributed by atoms with E-state index in [1.165, 1.54) is 35.7 Å². The summed E-state index contributed by atoms with van der Waals surface area (Å²) in [5.41, 5.74) is 4.49. The molecule has 0 bridgehead atoms. The summed E-state index contributed by atoms with van der Waals surface area (Å²) in [6.45, 7) is 7.14. The Bertz CT molecular complexity index is 1120. The van der Waals surface area contributed by atoms with Crippen LogP contribution in [-0.2, 0) is 26.1 Å². The molecule has 1 aliphatic carbocycles. The van der Waals surface area contributed by atoms with Gasteiger partial charge in [-0.15, -0.1) is 6.58 Å². The smallest absolute Gasteiger partial charge is 0.255 e. The van der Waals surface area contributed by atoms with Crippen molar-refractivity contribution < 1.29 is 0 Å². The van der Waals surface area contributed by atoms with Crippen LogP contribution in [0.5, 0.6) is 0 Å². The van der Waals surface area contributed by atoms with Crippen LogP contribution in [0.1, 0.15) is 60.7 Å². The fraction of sp³-hybridized carbons (Fsp3) is 0.440. The van der Waals surface area contributed by atoms with E-state index in [4.69, 9.17) is 4.98 Å². The van der Waals surface area contributed by atoms with Crippen molar-refractivity contribution in [3.05, 3.63) is 76.1 Å². The normalized spacial score (nSPS) is 17.9. The minimum Gasteiger partial charge on any atom is -0.343 e. The first-order valence-corrected chi connectivity index (χ1v) is 11.2. The van der Waals surface area contributed by atoms with Crippen molar-refractivity contribution in [1.29, 1.82) is 0 Å². The van der Waals surface area contributed by atoms with Crippen LogP contribution in [-0.4, -0.2) is 26.0 Å². The van der Waals surface area contributed by atoms with E-state index in [2.05, 4.69) is 51.5 Å². The first-order chi connectivity index (χ1) is 14.7. The summed E-state index contributed by atoms with van der Waals surface area (Å²) < 4.78 is 2.25. The van der Waals surface area contributed by atoms with Gasteiger partial charge in [-0.2, -0.15) is 0 Å². The lowest BCUT2D eigenvalue weighted by Gasteiger charge is -2.28. The van der Waals surface area contributed by atoms with Crippen LogP contribution in [0.4, 0.5) is 0 Å². The third-order valence-corrected chi connectivity index (χ3v) is 6.75. The molecule has 2 aliphatic rings. The average Bonchev–Trinajstić information content (AvgIpc) is 3.12. The molecular weight excluding hydrogens is 372 g/mol. The molecule has 0 radical (unpaired) electrons. The highest BCUT2D eigenvalue weighted by Crippen LogP contribution is 2.31. The highest BCUT2D eigenvalue weighted by molar-refractivity contribution is 5.84. The van der Waals surface area contributed by atoms with Gasteiger partial charge in [0.15, 0.2) is 0 Å². The Labute approximate surface area is 177 Å². The maximum atomic E-state index is 12.9. The molecule has 0 atom stereocenters. The Morgan fingerprint density at radius 1 is 1.20 bits per heavy atom. The zero-order valence-electron chi connectivity index (χ0n) is 17.6. The maximum absolute atomic E-state index is 12.9. The molecule has 3 aromatic rings. The van der Waals surface area contributed by atoms with Crippen LogP contribution in [0, 0.1) is 0 Å². The Hall–Kier alpha value is -2.66. The Morgan fingerprint density at radius 2 is 2.03 bits per heavy atom. The van der Waals surface area contributed by atoms with E-state index < -0.39 is 0 Å². The number of allylic oxidation sites excluding steroid dienone is 1. The van der Waals surface area contributed by atoms with Crippen molar-refractivity contribution in [3.63, 3.8) is 0 Å². The number of rotatable bonds is 5. The van der Waals surface area contributed by atoms with Gasteiger partial charge in [-0.25, -0.2) is 4.98 Å². The van der Waals surface area contributed by atoms with Gasteiger partial charge in [0.1, 0.15) is 5.82 Å². The van der Waals surface area contributed by atoms with E-state index in [9.17, 15) is 4.79 Å². The molecule has 0 amide bonds. The lowest BCUT2D eigenvalue weighted by molar-refractivity contribution is 0.241. The number of hydrogen-bond donors (Lipinski definition) is 1. The molecular formula is C25H30N4O. The van der Waals surface area contributed by atoms with E-state index >= 15 is 0 Å². The van der Waals surface area contributed by atoms with Gasteiger partial charge in [0.2, 0.25) is 0 Å². The van der Waals surface area contributed by atoms with Crippen molar-refractivity contribution >= 4 is 10.9 Å². The van der Waals surface area contributed by atoms with Gasteiger partial charge in [0, 0.05) is 55.6 Å². The van der Waals surface area contributed by atoms with E-state index in [1.54, 1.807) is 0 Å². The summed E-state index contributed by atoms with van der Waals surface area (Å²) >= 11 is 0. The monoisotopic (exact) mass is 402 g/mol. The van der Waals surface area contributed by atoms with Crippen LogP contribution >= 0.6 is 0 Å². The topological polar surface area (TPSA) is 53.9 Å². The number of nitrogens with zero attached hydrogens (tertiary/aromatic N) is 3. The molecule has 2 aromatic heterocycles. The quantitative estimate of drug-likeness (QED) is 0.639. The first-order valence-electron chi connectivity index (χ1n) is 11.2. The lowest BCUT2D eigenvalue weighted by atomic mass is 9.88. The zero-order chi connectivity index (χ0) is 20.5. The third kappa shape index (κ3) is 3.63. The van der Waals surface area contributed by atoms with E-state index in [0.717, 1.165) is 56.0 Å². The van der Waals surface area contributed by atoms with Gasteiger partial charge in [-0.3, -0.25) is 9.69 Å². The second-order valence-corrected chi connectivity index (χ2v) is 8.78. The molecule has 156 valence electrons. The molecule has 1 fully saturated rings. The standard InChI is InChI=1S/C25H30N4O/c1-2-13-29-16-19(20-10-6-7-11-23(20)29)15-28-14-12-22-21(17-28)25(30)27-24(26-22)18-8-4-3-5-9-18/h2,6-7,10-11,16,18H,1,3-5,8-9,12-15,17H2,(H,26,27,30). The fourth-order valence-corrected chi connectivity index (χ4v) is 5.18. The zero-order valence-corrected chi connectivity index (χ0v) is 17.6. The third-order valence-electron chi connectivity index (χ3n) is 6.75. The summed E-state index contributed by atoms with van der Waals surface area (Å²) in [4.78, 5) is 23.3. The predicted octanol–water partition coefficient (Wildman–Crippen LogP) is 4.52. The van der Waals surface area contributed by atoms with Crippen LogP contribution < -0.4 is 5.56 Å².